The van der Waals surface area contributed by atoms with Crippen molar-refractivity contribution in [1.82, 2.24) is 0 Å². The largest absolute Gasteiger partial charge is 0.622 e. The predicted molar refractivity (Wildman–Crippen MR) is 33.5 cm³/mol. The van der Waals surface area contributed by atoms with E-state index in [0.29, 0.717) is 14.9 Å². The Morgan fingerprint density at radius 2 is 2.50 bits per heavy atom. The van der Waals surface area contributed by atoms with Gasteiger partial charge in [0.05, 0.1) is 0 Å². The number of thiol groups is 1. The summed E-state index contributed by atoms with van der Waals surface area (Å²) in [5.74, 6) is 0. The molecule has 3 nitrogen and oxygen atoms in total. The number of hydrogen-bond donors (Lipinski definition) is 1. The molecule has 6 heavy (non-hydrogen) atoms. The molecular formula is H6N2OSSi2. The Hall–Kier alpha value is 0.184. The summed E-state index contributed by atoms with van der Waals surface area (Å²) in [7, 11) is -0.190. The molecule has 0 bridgehead atoms. The Kier molecular flexibility index (Phi) is 3.48. The highest BCUT2D eigenvalue weighted by Gasteiger charge is 1.71. The Balaban J connectivity index is 3.14. The van der Waals surface area contributed by atoms with Crippen molar-refractivity contribution in [3.8, 4) is 0 Å². The third-order valence-electron chi connectivity index (χ3n) is 0.262. The zero-order chi connectivity index (χ0) is 4.99. The van der Waals surface area contributed by atoms with Crippen LogP contribution in [0.25, 0.3) is 0 Å². The lowest BCUT2D eigenvalue weighted by atomic mass is 13.0. The Morgan fingerprint density at radius 3 is 2.50 bits per heavy atom. The van der Waals surface area contributed by atoms with Crippen molar-refractivity contribution in [1.29, 1.82) is 0 Å². The molecule has 0 aliphatic heterocycles. The highest BCUT2D eigenvalue weighted by molar-refractivity contribution is 8.06. The molecule has 0 unspecified atom stereocenters. The van der Waals surface area contributed by atoms with E-state index >= 15 is 0 Å². The molecule has 0 aliphatic rings. The van der Waals surface area contributed by atoms with Gasteiger partial charge in [-0.15, -0.1) is 4.78 Å². The topological polar surface area (TPSA) is 38.4 Å². The standard InChI is InChI=1S/H6N2OSSi2/c3-2(5)1-6-4/h4H,6H2,5H3. The highest BCUT2D eigenvalue weighted by Crippen LogP contribution is 1.67. The van der Waals surface area contributed by atoms with Crippen LogP contribution in [0.15, 0.2) is 4.78 Å². The van der Waals surface area contributed by atoms with Gasteiger partial charge in [-0.1, -0.05) is 0 Å². The zero-order valence-electron chi connectivity index (χ0n) is 3.46. The average molecular weight is 138 g/mol. The van der Waals surface area contributed by atoms with Crippen LogP contribution in [0.2, 0.25) is 0 Å². The highest BCUT2D eigenvalue weighted by atomic mass is 32.3. The Labute approximate surface area is 46.5 Å². The molecule has 0 heterocycles. The maximum Gasteiger partial charge on any atom is 0.352 e. The molecule has 0 N–H and O–H groups in total. The molecule has 0 radical (unpaired) electrons. The first-order chi connectivity index (χ1) is 2.77. The van der Waals surface area contributed by atoms with E-state index in [9.17, 15) is 5.21 Å². The Morgan fingerprint density at radius 1 is 2.00 bits per heavy atom. The van der Waals surface area contributed by atoms with E-state index in [-0.39, 0.29) is 0 Å². The lowest BCUT2D eigenvalue weighted by Crippen LogP contribution is -1.91. The SMILES string of the molecule is [O-][N+]([SiH3])=N[SiH2]S. The minimum Gasteiger partial charge on any atom is -0.622 e. The van der Waals surface area contributed by atoms with Gasteiger partial charge < -0.3 is 5.21 Å². The molecule has 0 fully saturated rings. The van der Waals surface area contributed by atoms with Gasteiger partial charge in [-0.2, -0.15) is 16.6 Å². The van der Waals surface area contributed by atoms with Crippen LogP contribution < -0.4 is 0 Å². The molecule has 0 aromatic rings. The van der Waals surface area contributed by atoms with Gasteiger partial charge in [0.1, 0.15) is 0 Å². The summed E-state index contributed by atoms with van der Waals surface area (Å²) < 4.78 is 4.15. The monoisotopic (exact) mass is 138 g/mol. The van der Waals surface area contributed by atoms with E-state index in [1.165, 1.54) is 0 Å². The van der Waals surface area contributed by atoms with Crippen molar-refractivity contribution in [2.24, 2.45) is 4.78 Å². The summed E-state index contributed by atoms with van der Waals surface area (Å²) in [6.45, 7) is 0. The van der Waals surface area contributed by atoms with Gasteiger partial charge >= 0.3 is 10.4 Å². The third kappa shape index (κ3) is 4.18. The van der Waals surface area contributed by atoms with Gasteiger partial charge in [0.2, 0.25) is 0 Å². The second-order valence-corrected chi connectivity index (χ2v) is 2.93. The Bertz CT molecular complexity index is 58.6. The summed E-state index contributed by atoms with van der Waals surface area (Å²) in [5.41, 5.74) is 0. The molecule has 0 saturated heterocycles. The molecule has 6 heteroatoms. The first kappa shape index (κ1) is 6.18. The van der Waals surface area contributed by atoms with Crippen LogP contribution >= 0.6 is 12.1 Å². The fourth-order valence-corrected chi connectivity index (χ4v) is 1.94. The van der Waals surface area contributed by atoms with Crippen LogP contribution in [-0.4, -0.2) is 23.8 Å². The lowest BCUT2D eigenvalue weighted by Gasteiger charge is -1.88. The predicted octanol–water partition coefficient (Wildman–Crippen LogP) is -1.84. The van der Waals surface area contributed by atoms with E-state index < -0.39 is 8.83 Å². The second kappa shape index (κ2) is 3.38. The minimum atomic E-state index is -0.666. The molecule has 0 amide bonds. The van der Waals surface area contributed by atoms with Crippen LogP contribution in [0.1, 0.15) is 0 Å². The summed E-state index contributed by atoms with van der Waals surface area (Å²) in [5, 5.41) is 9.84. The summed E-state index contributed by atoms with van der Waals surface area (Å²) in [4.78, 5) is 0. The van der Waals surface area contributed by atoms with Gasteiger partial charge in [-0.25, -0.2) is 0 Å². The average Bonchev–Trinajstić information content (AvgIpc) is 1.35. The fraction of sp³-hybridized carbons (Fsp3) is 0. The van der Waals surface area contributed by atoms with Crippen molar-refractivity contribution in [2.45, 2.75) is 0 Å². The quantitative estimate of drug-likeness (QED) is 0.197. The zero-order valence-corrected chi connectivity index (χ0v) is 7.77. The van der Waals surface area contributed by atoms with Crippen LogP contribution in [0.3, 0.4) is 0 Å². The molecule has 0 saturated carbocycles. The smallest absolute Gasteiger partial charge is 0.352 e. The maximum absolute atomic E-state index is 9.84. The van der Waals surface area contributed by atoms with E-state index in [4.69, 9.17) is 0 Å². The minimum absolute atomic E-state index is 0.476. The van der Waals surface area contributed by atoms with E-state index in [0.717, 1.165) is 0 Å². The molecule has 0 spiro atoms. The van der Waals surface area contributed by atoms with Gasteiger partial charge in [0.25, 0.3) is 8.83 Å². The third-order valence-corrected chi connectivity index (χ3v) is 2.02. The maximum atomic E-state index is 9.84. The lowest BCUT2D eigenvalue weighted by molar-refractivity contribution is -0.362. The molecule has 36 valence electrons. The molecule has 0 atom stereocenters. The van der Waals surface area contributed by atoms with Gasteiger partial charge in [0.15, 0.2) is 0 Å². The number of hydrogen-bond acceptors (Lipinski definition) is 3. The van der Waals surface area contributed by atoms with Crippen molar-refractivity contribution < 1.29 is 4.53 Å². The van der Waals surface area contributed by atoms with E-state index in [1.54, 1.807) is 0 Å². The van der Waals surface area contributed by atoms with Crippen molar-refractivity contribution in [3.05, 3.63) is 5.21 Å². The molecule has 0 aliphatic carbocycles. The van der Waals surface area contributed by atoms with Crippen molar-refractivity contribution in [3.63, 3.8) is 0 Å². The summed E-state index contributed by atoms with van der Waals surface area (Å²) >= 11 is 3.81. The first-order valence-corrected chi connectivity index (χ1v) is 5.52. The fourth-order valence-electron chi connectivity index (χ4n) is 0.0891. The first-order valence-electron chi connectivity index (χ1n) is 1.46. The van der Waals surface area contributed by atoms with Gasteiger partial charge in [-0.05, 0) is 0 Å². The van der Waals surface area contributed by atoms with Crippen molar-refractivity contribution in [2.75, 3.05) is 0 Å². The van der Waals surface area contributed by atoms with Crippen LogP contribution in [0.4, 0.5) is 0 Å². The number of rotatable bonds is 1. The normalized spacial score (nSPS) is 14.5. The molecule has 0 aromatic carbocycles. The van der Waals surface area contributed by atoms with Gasteiger partial charge in [0, 0.05) is 0 Å². The van der Waals surface area contributed by atoms with E-state index in [2.05, 4.69) is 16.9 Å². The number of nitrogens with zero attached hydrogens (tertiary/aromatic N) is 2. The second-order valence-electron chi connectivity index (χ2n) is 0.747. The molecular weight excluding hydrogens is 132 g/mol. The van der Waals surface area contributed by atoms with Crippen molar-refractivity contribution >= 4 is 31.3 Å². The molecule has 0 aromatic heterocycles. The summed E-state index contributed by atoms with van der Waals surface area (Å²) in [6.07, 6.45) is 0. The molecule has 0 rings (SSSR count). The van der Waals surface area contributed by atoms with Crippen LogP contribution in [-0.2, 0) is 0 Å². The summed E-state index contributed by atoms with van der Waals surface area (Å²) in [6, 6.07) is 0. The van der Waals surface area contributed by atoms with Crippen LogP contribution in [0.5, 0.6) is 0 Å². The van der Waals surface area contributed by atoms with Crippen LogP contribution in [0, 0.1) is 5.21 Å². The van der Waals surface area contributed by atoms with E-state index in [1.807, 2.05) is 0 Å². The van der Waals surface area contributed by atoms with Gasteiger partial charge in [-0.3, -0.25) is 0 Å².